The zero-order chi connectivity index (χ0) is 15.9. The molecule has 2 aliphatic heterocycles. The van der Waals surface area contributed by atoms with Crippen LogP contribution >= 0.6 is 0 Å². The topological polar surface area (TPSA) is 65.3 Å². The molecule has 0 spiro atoms. The molecule has 22 heavy (non-hydrogen) atoms. The summed E-state index contributed by atoms with van der Waals surface area (Å²) in [6.45, 7) is 7.61. The summed E-state index contributed by atoms with van der Waals surface area (Å²) in [4.78, 5) is 2.34. The first-order valence-electron chi connectivity index (χ1n) is 7.88. The van der Waals surface area contributed by atoms with Gasteiger partial charge in [0.1, 0.15) is 17.5 Å². The van der Waals surface area contributed by atoms with E-state index in [2.05, 4.69) is 10.1 Å². The van der Waals surface area contributed by atoms with E-state index >= 15 is 0 Å². The van der Waals surface area contributed by atoms with Crippen molar-refractivity contribution in [2.45, 2.75) is 51.4 Å². The van der Waals surface area contributed by atoms with Gasteiger partial charge in [0.15, 0.2) is 0 Å². The fraction of sp³-hybridized carbons (Fsp3) is 0.588. The van der Waals surface area contributed by atoms with E-state index in [1.54, 1.807) is 6.92 Å². The lowest BCUT2D eigenvalue weighted by molar-refractivity contribution is -0.0895. The predicted molar refractivity (Wildman–Crippen MR) is 84.7 cm³/mol. The number of likely N-dealkylation sites (tertiary alicyclic amines) is 1. The van der Waals surface area contributed by atoms with E-state index in [9.17, 15) is 5.11 Å². The van der Waals surface area contributed by atoms with Gasteiger partial charge in [0.25, 0.3) is 0 Å². The van der Waals surface area contributed by atoms with Crippen LogP contribution in [-0.4, -0.2) is 45.7 Å². The van der Waals surface area contributed by atoms with Crippen molar-refractivity contribution in [2.24, 2.45) is 5.16 Å². The molecule has 0 aliphatic carbocycles. The second-order valence-corrected chi connectivity index (χ2v) is 6.78. The molecule has 0 bridgehead atoms. The fourth-order valence-corrected chi connectivity index (χ4v) is 3.47. The molecule has 0 radical (unpaired) electrons. The molecule has 1 aromatic rings. The Morgan fingerprint density at radius 2 is 2.00 bits per heavy atom. The summed E-state index contributed by atoms with van der Waals surface area (Å²) >= 11 is 0. The van der Waals surface area contributed by atoms with Crippen LogP contribution in [0.25, 0.3) is 0 Å². The fourth-order valence-electron chi connectivity index (χ4n) is 3.47. The Bertz CT molecular complexity index is 592. The Hall–Kier alpha value is -1.59. The quantitative estimate of drug-likeness (QED) is 0.501. The van der Waals surface area contributed by atoms with E-state index in [0.717, 1.165) is 42.8 Å². The Morgan fingerprint density at radius 3 is 2.64 bits per heavy atom. The molecule has 5 nitrogen and oxygen atoms in total. The van der Waals surface area contributed by atoms with Crippen molar-refractivity contribution in [3.05, 3.63) is 29.3 Å². The highest BCUT2D eigenvalue weighted by Crippen LogP contribution is 2.44. The van der Waals surface area contributed by atoms with Gasteiger partial charge in [-0.25, -0.2) is 0 Å². The van der Waals surface area contributed by atoms with Gasteiger partial charge in [0.05, 0.1) is 11.8 Å². The molecule has 3 rings (SSSR count). The third-order valence-electron chi connectivity index (χ3n) is 4.81. The Balaban J connectivity index is 2.08. The van der Waals surface area contributed by atoms with Gasteiger partial charge in [-0.05, 0) is 70.5 Å². The molecule has 2 heterocycles. The average Bonchev–Trinajstić information content (AvgIpc) is 3.01. The number of aliphatic hydroxyl groups excluding tert-OH is 1. The standard InChI is InChI=1S/C17H24N2O3/c1-11(18-21)12-6-7-14-13(10-12)15(19-8-4-5-9-19)16(20)17(2,3)22-14/h6-7,10,15-16,20-21H,4-5,8-9H2,1-3H3/b18-11+/t15-,16+/m1/s1. The lowest BCUT2D eigenvalue weighted by Gasteiger charge is -2.45. The predicted octanol–water partition coefficient (Wildman–Crippen LogP) is 2.55. The van der Waals surface area contributed by atoms with Crippen molar-refractivity contribution in [3.63, 3.8) is 0 Å². The molecule has 0 aromatic heterocycles. The highest BCUT2D eigenvalue weighted by Gasteiger charge is 2.45. The van der Waals surface area contributed by atoms with Crippen LogP contribution in [-0.2, 0) is 0 Å². The van der Waals surface area contributed by atoms with Crippen molar-refractivity contribution in [2.75, 3.05) is 13.1 Å². The minimum Gasteiger partial charge on any atom is -0.485 e. The molecule has 0 unspecified atom stereocenters. The first-order valence-corrected chi connectivity index (χ1v) is 7.88. The van der Waals surface area contributed by atoms with Gasteiger partial charge in [0.2, 0.25) is 0 Å². The van der Waals surface area contributed by atoms with E-state index in [0.29, 0.717) is 5.71 Å². The smallest absolute Gasteiger partial charge is 0.131 e. The molecular formula is C17H24N2O3. The highest BCUT2D eigenvalue weighted by molar-refractivity contribution is 5.98. The van der Waals surface area contributed by atoms with Crippen LogP contribution in [0.2, 0.25) is 0 Å². The Labute approximate surface area is 131 Å². The number of rotatable bonds is 2. The minimum absolute atomic E-state index is 0.0762. The number of hydrogen-bond acceptors (Lipinski definition) is 5. The van der Waals surface area contributed by atoms with Crippen LogP contribution < -0.4 is 4.74 Å². The third kappa shape index (κ3) is 2.48. The summed E-state index contributed by atoms with van der Waals surface area (Å²) in [6.07, 6.45) is 1.73. The maximum Gasteiger partial charge on any atom is 0.131 e. The first-order chi connectivity index (χ1) is 10.4. The summed E-state index contributed by atoms with van der Waals surface area (Å²) in [5, 5.41) is 23.1. The maximum absolute atomic E-state index is 10.8. The molecule has 2 atom stereocenters. The Kier molecular flexibility index (Phi) is 3.87. The van der Waals surface area contributed by atoms with Crippen LogP contribution in [0.1, 0.15) is 50.8 Å². The lowest BCUT2D eigenvalue weighted by Crippen LogP contribution is -2.53. The van der Waals surface area contributed by atoms with Crippen molar-refractivity contribution >= 4 is 5.71 Å². The number of benzene rings is 1. The van der Waals surface area contributed by atoms with Crippen LogP contribution in [0, 0.1) is 0 Å². The molecule has 2 aliphatic rings. The van der Waals surface area contributed by atoms with Gasteiger partial charge in [0, 0.05) is 5.56 Å². The zero-order valence-corrected chi connectivity index (χ0v) is 13.4. The van der Waals surface area contributed by atoms with Gasteiger partial charge in [-0.2, -0.15) is 0 Å². The van der Waals surface area contributed by atoms with Crippen molar-refractivity contribution in [3.8, 4) is 5.75 Å². The molecule has 120 valence electrons. The number of hydrogen-bond donors (Lipinski definition) is 2. The maximum atomic E-state index is 10.8. The van der Waals surface area contributed by atoms with Crippen molar-refractivity contribution in [1.29, 1.82) is 0 Å². The molecule has 1 fully saturated rings. The molecule has 1 aromatic carbocycles. The van der Waals surface area contributed by atoms with Gasteiger partial charge in [-0.15, -0.1) is 0 Å². The minimum atomic E-state index is -0.623. The molecular weight excluding hydrogens is 280 g/mol. The van der Waals surface area contributed by atoms with Gasteiger partial charge in [-0.1, -0.05) is 5.16 Å². The summed E-state index contributed by atoms with van der Waals surface area (Å²) in [6, 6.07) is 5.71. The summed E-state index contributed by atoms with van der Waals surface area (Å²) in [5.74, 6) is 0.807. The average molecular weight is 304 g/mol. The van der Waals surface area contributed by atoms with Crippen molar-refractivity contribution < 1.29 is 15.1 Å². The second-order valence-electron chi connectivity index (χ2n) is 6.78. The lowest BCUT2D eigenvalue weighted by atomic mass is 9.84. The van der Waals surface area contributed by atoms with E-state index in [-0.39, 0.29) is 6.04 Å². The van der Waals surface area contributed by atoms with Crippen LogP contribution in [0.15, 0.2) is 23.4 Å². The number of oxime groups is 1. The molecule has 0 amide bonds. The van der Waals surface area contributed by atoms with Crippen LogP contribution in [0.4, 0.5) is 0 Å². The van der Waals surface area contributed by atoms with E-state index in [4.69, 9.17) is 9.94 Å². The monoisotopic (exact) mass is 304 g/mol. The van der Waals surface area contributed by atoms with Crippen molar-refractivity contribution in [1.82, 2.24) is 4.90 Å². The van der Waals surface area contributed by atoms with E-state index in [1.807, 2.05) is 32.0 Å². The van der Waals surface area contributed by atoms with Gasteiger partial charge in [-0.3, -0.25) is 4.90 Å². The van der Waals surface area contributed by atoms with Gasteiger partial charge < -0.3 is 15.1 Å². The number of ether oxygens (including phenoxy) is 1. The largest absolute Gasteiger partial charge is 0.485 e. The number of aliphatic hydroxyl groups is 1. The number of fused-ring (bicyclic) bond motifs is 1. The third-order valence-corrected chi connectivity index (χ3v) is 4.81. The SMILES string of the molecule is C/C(=N\O)c1ccc2c(c1)[C@@H](N1CCCC1)[C@H](O)C(C)(C)O2. The summed E-state index contributed by atoms with van der Waals surface area (Å²) in [7, 11) is 0. The van der Waals surface area contributed by atoms with Crippen LogP contribution in [0.3, 0.4) is 0 Å². The summed E-state index contributed by atoms with van der Waals surface area (Å²) in [5.41, 5.74) is 1.76. The van der Waals surface area contributed by atoms with E-state index in [1.165, 1.54) is 0 Å². The molecule has 5 heteroatoms. The highest BCUT2D eigenvalue weighted by atomic mass is 16.5. The first kappa shape index (κ1) is 15.3. The normalized spacial score (nSPS) is 28.3. The van der Waals surface area contributed by atoms with Gasteiger partial charge >= 0.3 is 0 Å². The second kappa shape index (κ2) is 5.56. The molecule has 2 N–H and O–H groups in total. The molecule has 0 saturated carbocycles. The molecule has 1 saturated heterocycles. The summed E-state index contributed by atoms with van der Waals surface area (Å²) < 4.78 is 6.01. The number of nitrogens with zero attached hydrogens (tertiary/aromatic N) is 2. The van der Waals surface area contributed by atoms with E-state index < -0.39 is 11.7 Å². The Morgan fingerprint density at radius 1 is 1.32 bits per heavy atom. The zero-order valence-electron chi connectivity index (χ0n) is 13.4. The van der Waals surface area contributed by atoms with Crippen LogP contribution in [0.5, 0.6) is 5.75 Å².